The summed E-state index contributed by atoms with van der Waals surface area (Å²) in [5.41, 5.74) is 2.34. The van der Waals surface area contributed by atoms with E-state index >= 15 is 0 Å². The first-order chi connectivity index (χ1) is 19.6. The van der Waals surface area contributed by atoms with Crippen molar-refractivity contribution in [1.82, 2.24) is 10.6 Å². The Morgan fingerprint density at radius 2 is 1.18 bits per heavy atom. The Morgan fingerprint density at radius 1 is 0.625 bits per heavy atom. The topological polar surface area (TPSA) is 104 Å². The van der Waals surface area contributed by atoms with Crippen LogP contribution in [-0.4, -0.2) is 78.3 Å². The second kappa shape index (κ2) is 21.7. The lowest BCUT2D eigenvalue weighted by atomic mass is 10.1. The highest BCUT2D eigenvalue weighted by Crippen LogP contribution is 2.14. The van der Waals surface area contributed by atoms with Gasteiger partial charge in [0.15, 0.2) is 0 Å². The molecule has 9 heteroatoms. The molecule has 2 N–H and O–H groups in total. The Balaban J connectivity index is 1.38. The van der Waals surface area contributed by atoms with Gasteiger partial charge in [0.1, 0.15) is 24.7 Å². The third-order valence-corrected chi connectivity index (χ3v) is 5.95. The van der Waals surface area contributed by atoms with Gasteiger partial charge in [0.2, 0.25) is 11.8 Å². The maximum Gasteiger partial charge on any atom is 0.246 e. The van der Waals surface area contributed by atoms with E-state index in [-0.39, 0.29) is 25.0 Å². The lowest BCUT2D eigenvalue weighted by Crippen LogP contribution is -2.30. The summed E-state index contributed by atoms with van der Waals surface area (Å²) in [7, 11) is 1.60. The summed E-state index contributed by atoms with van der Waals surface area (Å²) in [6.45, 7) is 6.02. The number of benzene rings is 2. The zero-order valence-electron chi connectivity index (χ0n) is 24.1. The van der Waals surface area contributed by atoms with E-state index in [1.165, 1.54) is 5.56 Å². The average molecular weight is 559 g/mol. The molecule has 2 rings (SSSR count). The van der Waals surface area contributed by atoms with Crippen LogP contribution in [0.15, 0.2) is 48.5 Å². The number of amides is 2. The fourth-order valence-electron chi connectivity index (χ4n) is 3.61. The van der Waals surface area contributed by atoms with Crippen molar-refractivity contribution >= 4 is 11.8 Å². The predicted octanol–water partition coefficient (Wildman–Crippen LogP) is 3.86. The number of unbranched alkanes of at least 4 members (excludes halogenated alkanes) is 3. The molecule has 2 amide bonds. The molecule has 0 aliphatic rings. The van der Waals surface area contributed by atoms with Crippen LogP contribution in [0, 0.1) is 6.92 Å². The maximum atomic E-state index is 12.0. The van der Waals surface area contributed by atoms with Crippen LogP contribution in [0.25, 0.3) is 0 Å². The van der Waals surface area contributed by atoms with Crippen molar-refractivity contribution in [3.63, 3.8) is 0 Å². The summed E-state index contributed by atoms with van der Waals surface area (Å²) >= 11 is 0. The molecule has 0 bridgehead atoms. The molecule has 0 saturated carbocycles. The quantitative estimate of drug-likeness (QED) is 0.200. The highest BCUT2D eigenvalue weighted by Gasteiger charge is 2.03. The van der Waals surface area contributed by atoms with E-state index in [1.807, 2.05) is 55.5 Å². The van der Waals surface area contributed by atoms with Crippen LogP contribution in [0.4, 0.5) is 0 Å². The normalized spacial score (nSPS) is 10.8. The number of carbonyl (C=O) groups is 2. The molecule has 0 aromatic heterocycles. The third-order valence-electron chi connectivity index (χ3n) is 5.95. The molecule has 222 valence electrons. The fourth-order valence-corrected chi connectivity index (χ4v) is 3.61. The molecule has 0 saturated heterocycles. The molecule has 0 aliphatic heterocycles. The Kier molecular flexibility index (Phi) is 17.9. The third kappa shape index (κ3) is 16.7. The number of hydrogen-bond acceptors (Lipinski definition) is 7. The second-order valence-electron chi connectivity index (χ2n) is 9.41. The Hall–Kier alpha value is -3.14. The van der Waals surface area contributed by atoms with Crippen LogP contribution in [-0.2, 0) is 30.2 Å². The number of hydrogen-bond donors (Lipinski definition) is 2. The van der Waals surface area contributed by atoms with Crippen LogP contribution in [0.1, 0.15) is 43.2 Å². The molecular weight excluding hydrogens is 512 g/mol. The molecule has 0 atom stereocenters. The highest BCUT2D eigenvalue weighted by atomic mass is 16.5. The van der Waals surface area contributed by atoms with Gasteiger partial charge in [-0.15, -0.1) is 0 Å². The smallest absolute Gasteiger partial charge is 0.246 e. The summed E-state index contributed by atoms with van der Waals surface area (Å²) < 4.78 is 27.7. The van der Waals surface area contributed by atoms with E-state index < -0.39 is 0 Å². The minimum atomic E-state index is -0.135. The lowest BCUT2D eigenvalue weighted by molar-refractivity contribution is -0.126. The largest absolute Gasteiger partial charge is 0.494 e. The Morgan fingerprint density at radius 3 is 1.88 bits per heavy atom. The minimum Gasteiger partial charge on any atom is -0.494 e. The number of ether oxygens (including phenoxy) is 5. The van der Waals surface area contributed by atoms with Crippen molar-refractivity contribution < 1.29 is 33.3 Å². The number of nitrogens with one attached hydrogen (secondary N) is 2. The molecule has 40 heavy (non-hydrogen) atoms. The van der Waals surface area contributed by atoms with Gasteiger partial charge in [0, 0.05) is 33.2 Å². The number of aryl methyl sites for hydroxylation is 1. The first-order valence-electron chi connectivity index (χ1n) is 14.2. The van der Waals surface area contributed by atoms with E-state index in [9.17, 15) is 9.59 Å². The first kappa shape index (κ1) is 33.1. The van der Waals surface area contributed by atoms with E-state index in [0.29, 0.717) is 46.2 Å². The van der Waals surface area contributed by atoms with Crippen LogP contribution >= 0.6 is 0 Å². The van der Waals surface area contributed by atoms with Gasteiger partial charge in [-0.05, 0) is 62.4 Å². The van der Waals surface area contributed by atoms with Crippen molar-refractivity contribution in [2.45, 2.75) is 45.4 Å². The van der Waals surface area contributed by atoms with E-state index in [2.05, 4.69) is 10.6 Å². The number of carbonyl (C=O) groups excluding carboxylic acids is 2. The van der Waals surface area contributed by atoms with Gasteiger partial charge in [-0.3, -0.25) is 9.59 Å². The van der Waals surface area contributed by atoms with Gasteiger partial charge in [0.25, 0.3) is 0 Å². The fraction of sp³-hybridized carbons (Fsp3) is 0.548. The summed E-state index contributed by atoms with van der Waals surface area (Å²) in [5.74, 6) is 1.48. The number of rotatable bonds is 23. The van der Waals surface area contributed by atoms with Crippen molar-refractivity contribution in [2.24, 2.45) is 0 Å². The molecule has 2 aromatic carbocycles. The van der Waals surface area contributed by atoms with Gasteiger partial charge < -0.3 is 34.3 Å². The van der Waals surface area contributed by atoms with Gasteiger partial charge in [-0.2, -0.15) is 0 Å². The average Bonchev–Trinajstić information content (AvgIpc) is 2.97. The van der Waals surface area contributed by atoms with Crippen LogP contribution in [0.3, 0.4) is 0 Å². The van der Waals surface area contributed by atoms with Crippen molar-refractivity contribution in [3.8, 4) is 11.5 Å². The Bertz CT molecular complexity index is 936. The standard InChI is InChI=1S/C31H46N2O7/c1-26-8-12-28(13-9-26)40-21-7-19-36-22-23-38-25-31(35)33-17-16-27-10-14-29(15-11-27)39-20-6-4-3-5-18-37-24-30(34)32-2/h8-15H,3-7,16-25H2,1-2H3,(H,32,34)(H,33,35). The van der Waals surface area contributed by atoms with Crippen molar-refractivity contribution in [3.05, 3.63) is 59.7 Å². The Labute approximate surface area is 238 Å². The molecule has 0 heterocycles. The number of likely N-dealkylation sites (N-methyl/N-ethyl adjacent to an activating group) is 1. The highest BCUT2D eigenvalue weighted by molar-refractivity contribution is 5.77. The molecule has 0 unspecified atom stereocenters. The van der Waals surface area contributed by atoms with Gasteiger partial charge >= 0.3 is 0 Å². The maximum absolute atomic E-state index is 12.0. The first-order valence-corrected chi connectivity index (χ1v) is 14.2. The summed E-state index contributed by atoms with van der Waals surface area (Å²) in [5, 5.41) is 5.41. The molecule has 0 fully saturated rings. The van der Waals surface area contributed by atoms with Gasteiger partial charge in [-0.1, -0.05) is 36.2 Å². The predicted molar refractivity (Wildman–Crippen MR) is 155 cm³/mol. The lowest BCUT2D eigenvalue weighted by Gasteiger charge is -2.09. The molecule has 0 aliphatic carbocycles. The molecular formula is C31H46N2O7. The monoisotopic (exact) mass is 558 g/mol. The summed E-state index contributed by atoms with van der Waals surface area (Å²) in [6, 6.07) is 15.9. The molecule has 0 radical (unpaired) electrons. The van der Waals surface area contributed by atoms with Gasteiger partial charge in [0.05, 0.1) is 26.4 Å². The zero-order valence-corrected chi connectivity index (χ0v) is 24.1. The zero-order chi connectivity index (χ0) is 28.7. The summed E-state index contributed by atoms with van der Waals surface area (Å²) in [6.07, 6.45) is 5.55. The van der Waals surface area contributed by atoms with E-state index in [1.54, 1.807) is 7.05 Å². The molecule has 2 aromatic rings. The van der Waals surface area contributed by atoms with E-state index in [4.69, 9.17) is 23.7 Å². The van der Waals surface area contributed by atoms with E-state index in [0.717, 1.165) is 55.6 Å². The van der Waals surface area contributed by atoms with Crippen LogP contribution in [0.5, 0.6) is 11.5 Å². The molecule has 0 spiro atoms. The van der Waals surface area contributed by atoms with Crippen LogP contribution in [0.2, 0.25) is 0 Å². The van der Waals surface area contributed by atoms with Gasteiger partial charge in [-0.25, -0.2) is 0 Å². The van der Waals surface area contributed by atoms with Crippen LogP contribution < -0.4 is 20.1 Å². The van der Waals surface area contributed by atoms with Crippen molar-refractivity contribution in [2.75, 3.05) is 66.4 Å². The second-order valence-corrected chi connectivity index (χ2v) is 9.41. The van der Waals surface area contributed by atoms with Crippen molar-refractivity contribution in [1.29, 1.82) is 0 Å². The SMILES string of the molecule is CNC(=O)COCCCCCCOc1ccc(CCNC(=O)COCCOCCCOc2ccc(C)cc2)cc1. The minimum absolute atomic E-state index is 0.0235. The summed E-state index contributed by atoms with van der Waals surface area (Å²) in [4.78, 5) is 23.0. The molecule has 9 nitrogen and oxygen atoms in total.